The summed E-state index contributed by atoms with van der Waals surface area (Å²) >= 11 is 0. The van der Waals surface area contributed by atoms with E-state index in [0.717, 1.165) is 18.4 Å². The molecule has 0 aliphatic heterocycles. The molecule has 0 unspecified atom stereocenters. The number of amides is 1. The van der Waals surface area contributed by atoms with Crippen molar-refractivity contribution in [3.8, 4) is 0 Å². The molecule has 3 N–H and O–H groups in total. The van der Waals surface area contributed by atoms with Gasteiger partial charge in [-0.25, -0.2) is 4.79 Å². The van der Waals surface area contributed by atoms with Gasteiger partial charge in [-0.05, 0) is 30.9 Å². The van der Waals surface area contributed by atoms with E-state index in [1.165, 1.54) is 0 Å². The molecule has 4 nitrogen and oxygen atoms in total. The summed E-state index contributed by atoms with van der Waals surface area (Å²) in [6, 6.07) is 9.77. The van der Waals surface area contributed by atoms with Gasteiger partial charge in [-0.3, -0.25) is 0 Å². The van der Waals surface area contributed by atoms with Gasteiger partial charge in [0.25, 0.3) is 0 Å². The van der Waals surface area contributed by atoms with E-state index in [0.29, 0.717) is 19.0 Å². The van der Waals surface area contributed by atoms with Gasteiger partial charge in [0, 0.05) is 6.54 Å². The van der Waals surface area contributed by atoms with Crippen molar-refractivity contribution in [2.75, 3.05) is 6.54 Å². The molecule has 1 fully saturated rings. The quantitative estimate of drug-likeness (QED) is 0.832. The second-order valence-electron chi connectivity index (χ2n) is 4.44. The Balaban J connectivity index is 1.65. The van der Waals surface area contributed by atoms with Crippen LogP contribution in [0.15, 0.2) is 30.3 Å². The minimum absolute atomic E-state index is 0.0549. The third-order valence-corrected chi connectivity index (χ3v) is 3.08. The van der Waals surface area contributed by atoms with Crippen molar-refractivity contribution < 1.29 is 9.53 Å². The van der Waals surface area contributed by atoms with Gasteiger partial charge in [0.05, 0.1) is 0 Å². The van der Waals surface area contributed by atoms with Crippen molar-refractivity contribution in [1.29, 1.82) is 0 Å². The fraction of sp³-hybridized carbons (Fsp3) is 0.462. The number of nitrogens with two attached hydrogens (primary N) is 1. The van der Waals surface area contributed by atoms with Crippen molar-refractivity contribution in [1.82, 2.24) is 5.32 Å². The normalized spacial score (nSPS) is 22.6. The molecular weight excluding hydrogens is 216 g/mol. The lowest BCUT2D eigenvalue weighted by atomic mass is 9.82. The van der Waals surface area contributed by atoms with Gasteiger partial charge >= 0.3 is 6.09 Å². The van der Waals surface area contributed by atoms with Crippen LogP contribution in [0.25, 0.3) is 0 Å². The first-order chi connectivity index (χ1) is 8.28. The molecule has 0 bridgehead atoms. The molecule has 1 aliphatic carbocycles. The predicted octanol–water partition coefficient (Wildman–Crippen LogP) is 1.65. The Bertz CT molecular complexity index is 361. The first-order valence-corrected chi connectivity index (χ1v) is 5.96. The van der Waals surface area contributed by atoms with Crippen molar-refractivity contribution >= 4 is 6.09 Å². The van der Waals surface area contributed by atoms with Gasteiger partial charge in [0.15, 0.2) is 0 Å². The number of carbonyl (C=O) groups is 1. The van der Waals surface area contributed by atoms with Crippen LogP contribution >= 0.6 is 0 Å². The second kappa shape index (κ2) is 5.68. The summed E-state index contributed by atoms with van der Waals surface area (Å²) < 4.78 is 5.23. The summed E-state index contributed by atoms with van der Waals surface area (Å²) in [5.74, 6) is 0.530. The molecule has 4 heteroatoms. The maximum atomic E-state index is 11.4. The van der Waals surface area contributed by atoms with Crippen LogP contribution in [0.3, 0.4) is 0 Å². The van der Waals surface area contributed by atoms with Gasteiger partial charge in [0.1, 0.15) is 6.10 Å². The Morgan fingerprint density at radius 2 is 2.06 bits per heavy atom. The van der Waals surface area contributed by atoms with Gasteiger partial charge < -0.3 is 15.8 Å². The number of nitrogens with one attached hydrogen (secondary N) is 1. The van der Waals surface area contributed by atoms with E-state index in [4.69, 9.17) is 10.5 Å². The summed E-state index contributed by atoms with van der Waals surface area (Å²) in [6.07, 6.45) is 1.51. The molecule has 2 rings (SSSR count). The van der Waals surface area contributed by atoms with Crippen LogP contribution in [0.1, 0.15) is 18.4 Å². The Morgan fingerprint density at radius 1 is 1.35 bits per heavy atom. The highest BCUT2D eigenvalue weighted by molar-refractivity contribution is 5.67. The maximum absolute atomic E-state index is 11.4. The van der Waals surface area contributed by atoms with E-state index in [2.05, 4.69) is 5.32 Å². The molecule has 0 saturated heterocycles. The molecule has 1 amide bonds. The molecule has 17 heavy (non-hydrogen) atoms. The van der Waals surface area contributed by atoms with Crippen LogP contribution in [0.5, 0.6) is 0 Å². The molecule has 0 radical (unpaired) electrons. The SMILES string of the molecule is NCC1CC(OC(=O)NCc2ccccc2)C1. The molecule has 1 aromatic rings. The lowest BCUT2D eigenvalue weighted by Crippen LogP contribution is -2.39. The number of carbonyl (C=O) groups excluding carboxylic acids is 1. The Hall–Kier alpha value is -1.55. The van der Waals surface area contributed by atoms with Crippen LogP contribution in [0.4, 0.5) is 4.79 Å². The topological polar surface area (TPSA) is 64.3 Å². The summed E-state index contributed by atoms with van der Waals surface area (Å²) in [7, 11) is 0. The molecular formula is C13H18N2O2. The average Bonchev–Trinajstić information content (AvgIpc) is 2.32. The number of hydrogen-bond acceptors (Lipinski definition) is 3. The van der Waals surface area contributed by atoms with E-state index in [1.807, 2.05) is 30.3 Å². The van der Waals surface area contributed by atoms with Gasteiger partial charge in [-0.2, -0.15) is 0 Å². The van der Waals surface area contributed by atoms with Crippen LogP contribution in [0, 0.1) is 5.92 Å². The number of alkyl carbamates (subject to hydrolysis) is 1. The minimum atomic E-state index is -0.339. The van der Waals surface area contributed by atoms with E-state index >= 15 is 0 Å². The van der Waals surface area contributed by atoms with Crippen LogP contribution < -0.4 is 11.1 Å². The smallest absolute Gasteiger partial charge is 0.407 e. The highest BCUT2D eigenvalue weighted by Crippen LogP contribution is 2.28. The number of benzene rings is 1. The largest absolute Gasteiger partial charge is 0.446 e. The molecule has 0 atom stereocenters. The molecule has 1 saturated carbocycles. The van der Waals surface area contributed by atoms with Crippen molar-refractivity contribution in [2.45, 2.75) is 25.5 Å². The molecule has 0 spiro atoms. The summed E-state index contributed by atoms with van der Waals surface area (Å²) in [4.78, 5) is 11.4. The fourth-order valence-corrected chi connectivity index (χ4v) is 1.93. The van der Waals surface area contributed by atoms with Gasteiger partial charge in [-0.15, -0.1) is 0 Å². The first kappa shape index (κ1) is 11.9. The van der Waals surface area contributed by atoms with E-state index in [1.54, 1.807) is 0 Å². The van der Waals surface area contributed by atoms with Crippen molar-refractivity contribution in [3.05, 3.63) is 35.9 Å². The fourth-order valence-electron chi connectivity index (χ4n) is 1.93. The number of hydrogen-bond donors (Lipinski definition) is 2. The van der Waals surface area contributed by atoms with Crippen LogP contribution in [-0.4, -0.2) is 18.7 Å². The van der Waals surface area contributed by atoms with E-state index in [9.17, 15) is 4.79 Å². The summed E-state index contributed by atoms with van der Waals surface area (Å²) in [6.45, 7) is 1.19. The molecule has 0 heterocycles. The molecule has 92 valence electrons. The molecule has 0 aromatic heterocycles. The maximum Gasteiger partial charge on any atom is 0.407 e. The van der Waals surface area contributed by atoms with Crippen molar-refractivity contribution in [2.24, 2.45) is 11.7 Å². The highest BCUT2D eigenvalue weighted by atomic mass is 16.6. The lowest BCUT2D eigenvalue weighted by Gasteiger charge is -2.33. The standard InChI is InChI=1S/C13H18N2O2/c14-8-11-6-12(7-11)17-13(16)15-9-10-4-2-1-3-5-10/h1-5,11-12H,6-9,14H2,(H,15,16). The van der Waals surface area contributed by atoms with Crippen molar-refractivity contribution in [3.63, 3.8) is 0 Å². The Kier molecular flexibility index (Phi) is 3.98. The summed E-state index contributed by atoms with van der Waals surface area (Å²) in [5.41, 5.74) is 6.57. The van der Waals surface area contributed by atoms with Gasteiger partial charge in [-0.1, -0.05) is 30.3 Å². The monoisotopic (exact) mass is 234 g/mol. The number of rotatable bonds is 4. The third-order valence-electron chi connectivity index (χ3n) is 3.08. The van der Waals surface area contributed by atoms with Crippen LogP contribution in [0.2, 0.25) is 0 Å². The van der Waals surface area contributed by atoms with E-state index in [-0.39, 0.29) is 12.2 Å². The Morgan fingerprint density at radius 3 is 2.71 bits per heavy atom. The lowest BCUT2D eigenvalue weighted by molar-refractivity contribution is 0.0200. The third kappa shape index (κ3) is 3.46. The zero-order chi connectivity index (χ0) is 12.1. The zero-order valence-electron chi connectivity index (χ0n) is 9.76. The van der Waals surface area contributed by atoms with Gasteiger partial charge in [0.2, 0.25) is 0 Å². The van der Waals surface area contributed by atoms with Crippen LogP contribution in [-0.2, 0) is 11.3 Å². The Labute approximate surface area is 101 Å². The molecule has 1 aliphatic rings. The molecule has 1 aromatic carbocycles. The van der Waals surface area contributed by atoms with E-state index < -0.39 is 0 Å². The minimum Gasteiger partial charge on any atom is -0.446 e. The first-order valence-electron chi connectivity index (χ1n) is 5.96. The average molecular weight is 234 g/mol. The number of ether oxygens (including phenoxy) is 1. The summed E-state index contributed by atoms with van der Waals surface area (Å²) in [5, 5.41) is 2.74. The highest BCUT2D eigenvalue weighted by Gasteiger charge is 2.30. The predicted molar refractivity (Wildman–Crippen MR) is 65.3 cm³/mol. The zero-order valence-corrected chi connectivity index (χ0v) is 9.76. The second-order valence-corrected chi connectivity index (χ2v) is 4.44.